The van der Waals surface area contributed by atoms with Crippen LogP contribution in [0.25, 0.3) is 5.78 Å². The van der Waals surface area contributed by atoms with Crippen molar-refractivity contribution in [1.29, 1.82) is 0 Å². The van der Waals surface area contributed by atoms with Crippen molar-refractivity contribution in [2.45, 2.75) is 18.9 Å². The highest BCUT2D eigenvalue weighted by atomic mass is 16.5. The number of anilines is 1. The van der Waals surface area contributed by atoms with Gasteiger partial charge in [-0.05, 0) is 37.1 Å². The molecule has 8 nitrogen and oxygen atoms in total. The van der Waals surface area contributed by atoms with E-state index in [4.69, 9.17) is 9.47 Å². The molecule has 134 valence electrons. The SMILES string of the molecule is COc1cccc(C(=O)OCC2CCCN2c2ccnc3ncnn23)c1. The molecule has 0 N–H and O–H groups in total. The second kappa shape index (κ2) is 6.99. The summed E-state index contributed by atoms with van der Waals surface area (Å²) in [4.78, 5) is 22.9. The van der Waals surface area contributed by atoms with Crippen LogP contribution in [0.3, 0.4) is 0 Å². The van der Waals surface area contributed by atoms with E-state index in [1.807, 2.05) is 6.07 Å². The minimum absolute atomic E-state index is 0.0966. The zero-order chi connectivity index (χ0) is 17.9. The smallest absolute Gasteiger partial charge is 0.338 e. The molecule has 1 fully saturated rings. The number of esters is 1. The Morgan fingerprint density at radius 2 is 2.23 bits per heavy atom. The minimum atomic E-state index is -0.351. The van der Waals surface area contributed by atoms with Crippen LogP contribution >= 0.6 is 0 Å². The molecule has 0 amide bonds. The summed E-state index contributed by atoms with van der Waals surface area (Å²) in [6.45, 7) is 1.19. The Labute approximate surface area is 150 Å². The average Bonchev–Trinajstić information content (AvgIpc) is 3.35. The molecule has 1 aliphatic rings. The van der Waals surface area contributed by atoms with Crippen LogP contribution in [-0.2, 0) is 4.74 Å². The number of hydrogen-bond donors (Lipinski definition) is 0. The van der Waals surface area contributed by atoms with Gasteiger partial charge in [-0.25, -0.2) is 9.78 Å². The van der Waals surface area contributed by atoms with Crippen LogP contribution in [0, 0.1) is 0 Å². The minimum Gasteiger partial charge on any atom is -0.497 e. The molecule has 0 bridgehead atoms. The molecule has 3 aromatic rings. The molecule has 3 heterocycles. The van der Waals surface area contributed by atoms with Gasteiger partial charge in [-0.2, -0.15) is 14.6 Å². The molecule has 1 atom stereocenters. The number of aromatic nitrogens is 4. The fraction of sp³-hybridized carbons (Fsp3) is 0.333. The lowest BCUT2D eigenvalue weighted by Crippen LogP contribution is -2.35. The predicted octanol–water partition coefficient (Wildman–Crippen LogP) is 1.96. The van der Waals surface area contributed by atoms with Crippen molar-refractivity contribution in [3.63, 3.8) is 0 Å². The Morgan fingerprint density at radius 1 is 1.31 bits per heavy atom. The summed E-state index contributed by atoms with van der Waals surface area (Å²) in [5, 5.41) is 4.24. The van der Waals surface area contributed by atoms with Crippen molar-refractivity contribution in [3.8, 4) is 5.75 Å². The maximum absolute atomic E-state index is 12.3. The van der Waals surface area contributed by atoms with Crippen LogP contribution < -0.4 is 9.64 Å². The summed E-state index contributed by atoms with van der Waals surface area (Å²) >= 11 is 0. The Kier molecular flexibility index (Phi) is 4.39. The van der Waals surface area contributed by atoms with Crippen molar-refractivity contribution in [2.24, 2.45) is 0 Å². The lowest BCUT2D eigenvalue weighted by molar-refractivity contribution is 0.0482. The van der Waals surface area contributed by atoms with Crippen molar-refractivity contribution in [2.75, 3.05) is 25.2 Å². The zero-order valence-electron chi connectivity index (χ0n) is 14.4. The third kappa shape index (κ3) is 3.05. The molecule has 0 aliphatic carbocycles. The highest BCUT2D eigenvalue weighted by Crippen LogP contribution is 2.25. The third-order valence-electron chi connectivity index (χ3n) is 4.54. The molecule has 1 unspecified atom stereocenters. The van der Waals surface area contributed by atoms with Crippen LogP contribution in [0.1, 0.15) is 23.2 Å². The van der Waals surface area contributed by atoms with Gasteiger partial charge >= 0.3 is 5.97 Å². The second-order valence-corrected chi connectivity index (χ2v) is 6.09. The number of nitrogens with zero attached hydrogens (tertiary/aromatic N) is 5. The number of carbonyl (C=O) groups excluding carboxylic acids is 1. The van der Waals surface area contributed by atoms with E-state index in [1.54, 1.807) is 42.1 Å². The van der Waals surface area contributed by atoms with E-state index >= 15 is 0 Å². The van der Waals surface area contributed by atoms with Crippen LogP contribution in [-0.4, -0.2) is 51.9 Å². The van der Waals surface area contributed by atoms with Crippen LogP contribution in [0.5, 0.6) is 5.75 Å². The van der Waals surface area contributed by atoms with Crippen LogP contribution in [0.15, 0.2) is 42.9 Å². The molecule has 1 aromatic carbocycles. The van der Waals surface area contributed by atoms with E-state index in [9.17, 15) is 4.79 Å². The van der Waals surface area contributed by atoms with Crippen molar-refractivity contribution < 1.29 is 14.3 Å². The number of carbonyl (C=O) groups is 1. The number of methoxy groups -OCH3 is 1. The Bertz CT molecular complexity index is 926. The van der Waals surface area contributed by atoms with E-state index in [2.05, 4.69) is 20.0 Å². The van der Waals surface area contributed by atoms with Gasteiger partial charge < -0.3 is 14.4 Å². The van der Waals surface area contributed by atoms with Gasteiger partial charge in [0.05, 0.1) is 18.7 Å². The molecular formula is C18H19N5O3. The van der Waals surface area contributed by atoms with Gasteiger partial charge in [-0.1, -0.05) is 6.07 Å². The highest BCUT2D eigenvalue weighted by Gasteiger charge is 2.28. The lowest BCUT2D eigenvalue weighted by atomic mass is 10.2. The van der Waals surface area contributed by atoms with Crippen molar-refractivity contribution >= 4 is 17.6 Å². The summed E-state index contributed by atoms with van der Waals surface area (Å²) in [6.07, 6.45) is 5.18. The van der Waals surface area contributed by atoms with Crippen molar-refractivity contribution in [1.82, 2.24) is 19.6 Å². The number of ether oxygens (including phenoxy) is 2. The first-order valence-corrected chi connectivity index (χ1v) is 8.49. The molecule has 0 radical (unpaired) electrons. The fourth-order valence-electron chi connectivity index (χ4n) is 3.26. The predicted molar refractivity (Wildman–Crippen MR) is 94.4 cm³/mol. The van der Waals surface area contributed by atoms with Gasteiger partial charge in [-0.3, -0.25) is 0 Å². The maximum Gasteiger partial charge on any atom is 0.338 e. The monoisotopic (exact) mass is 353 g/mol. The molecular weight excluding hydrogens is 334 g/mol. The topological polar surface area (TPSA) is 81.9 Å². The third-order valence-corrected chi connectivity index (χ3v) is 4.54. The summed E-state index contributed by atoms with van der Waals surface area (Å²) in [5.74, 6) is 1.75. The largest absolute Gasteiger partial charge is 0.497 e. The average molecular weight is 353 g/mol. The van der Waals surface area contributed by atoms with Crippen LogP contribution in [0.2, 0.25) is 0 Å². The normalized spacial score (nSPS) is 16.8. The molecule has 26 heavy (non-hydrogen) atoms. The lowest BCUT2D eigenvalue weighted by Gasteiger charge is -2.26. The van der Waals surface area contributed by atoms with Crippen molar-refractivity contribution in [3.05, 3.63) is 48.4 Å². The molecule has 2 aromatic heterocycles. The molecule has 1 aliphatic heterocycles. The second-order valence-electron chi connectivity index (χ2n) is 6.09. The Hall–Kier alpha value is -3.16. The quantitative estimate of drug-likeness (QED) is 0.649. The van der Waals surface area contributed by atoms with E-state index in [0.717, 1.165) is 25.2 Å². The van der Waals surface area contributed by atoms with Gasteiger partial charge in [0.2, 0.25) is 0 Å². The molecule has 8 heteroatoms. The van der Waals surface area contributed by atoms with E-state index < -0.39 is 0 Å². The van der Waals surface area contributed by atoms with Gasteiger partial charge in [0.15, 0.2) is 0 Å². The fourth-order valence-corrected chi connectivity index (χ4v) is 3.26. The van der Waals surface area contributed by atoms with Gasteiger partial charge in [-0.15, -0.1) is 0 Å². The first kappa shape index (κ1) is 16.3. The summed E-state index contributed by atoms with van der Waals surface area (Å²) in [6, 6.07) is 8.97. The number of benzene rings is 1. The Morgan fingerprint density at radius 3 is 3.12 bits per heavy atom. The van der Waals surface area contributed by atoms with Crippen LogP contribution in [0.4, 0.5) is 5.82 Å². The van der Waals surface area contributed by atoms with E-state index in [-0.39, 0.29) is 12.0 Å². The standard InChI is InChI=1S/C18H19N5O3/c1-25-15-6-2-4-13(10-15)17(24)26-11-14-5-3-9-22(14)16-7-8-19-18-20-12-21-23(16)18/h2,4,6-8,10,12,14H,3,5,9,11H2,1H3. The number of rotatable bonds is 5. The van der Waals surface area contributed by atoms with Gasteiger partial charge in [0.25, 0.3) is 5.78 Å². The first-order chi connectivity index (χ1) is 12.8. The van der Waals surface area contributed by atoms with Gasteiger partial charge in [0.1, 0.15) is 24.5 Å². The van der Waals surface area contributed by atoms with Gasteiger partial charge in [0, 0.05) is 12.7 Å². The first-order valence-electron chi connectivity index (χ1n) is 8.49. The number of hydrogen-bond acceptors (Lipinski definition) is 7. The summed E-state index contributed by atoms with van der Waals surface area (Å²) < 4.78 is 12.4. The van der Waals surface area contributed by atoms with E-state index in [1.165, 1.54) is 6.33 Å². The summed E-state index contributed by atoms with van der Waals surface area (Å²) in [7, 11) is 1.57. The van der Waals surface area contributed by atoms with E-state index in [0.29, 0.717) is 23.7 Å². The molecule has 1 saturated heterocycles. The summed E-state index contributed by atoms with van der Waals surface area (Å²) in [5.41, 5.74) is 0.483. The zero-order valence-corrected chi connectivity index (χ0v) is 14.4. The number of fused-ring (bicyclic) bond motifs is 1. The molecule has 0 spiro atoms. The molecule has 0 saturated carbocycles. The molecule has 4 rings (SSSR count). The Balaban J connectivity index is 1.47. The maximum atomic E-state index is 12.3. The highest BCUT2D eigenvalue weighted by molar-refractivity contribution is 5.89.